The Labute approximate surface area is 136 Å². The van der Waals surface area contributed by atoms with Gasteiger partial charge in [0.1, 0.15) is 5.82 Å². The summed E-state index contributed by atoms with van der Waals surface area (Å²) in [6.45, 7) is 0.786. The van der Waals surface area contributed by atoms with E-state index in [1.807, 2.05) is 0 Å². The van der Waals surface area contributed by atoms with E-state index in [9.17, 15) is 17.6 Å². The van der Waals surface area contributed by atoms with Crippen LogP contribution in [0.15, 0.2) is 30.3 Å². The Balaban J connectivity index is 2.04. The van der Waals surface area contributed by atoms with Crippen molar-refractivity contribution in [2.24, 2.45) is 0 Å². The highest BCUT2D eigenvalue weighted by Gasteiger charge is 2.25. The summed E-state index contributed by atoms with van der Waals surface area (Å²) < 4.78 is 38.5. The Bertz CT molecular complexity index is 688. The molecule has 0 radical (unpaired) electrons. The zero-order chi connectivity index (χ0) is 16.9. The summed E-state index contributed by atoms with van der Waals surface area (Å²) in [5, 5.41) is 0. The van der Waals surface area contributed by atoms with Gasteiger partial charge in [0.2, 0.25) is 15.9 Å². The topological polar surface area (TPSA) is 66.5 Å². The Morgan fingerprint density at radius 1 is 1.39 bits per heavy atom. The zero-order valence-electron chi connectivity index (χ0n) is 13.0. The van der Waals surface area contributed by atoms with Gasteiger partial charge in [-0.05, 0) is 31.4 Å². The fourth-order valence-corrected chi connectivity index (χ4v) is 3.11. The van der Waals surface area contributed by atoms with Gasteiger partial charge in [0.05, 0.1) is 6.26 Å². The van der Waals surface area contributed by atoms with E-state index in [-0.39, 0.29) is 24.3 Å². The van der Waals surface area contributed by atoms with Crippen LogP contribution in [0.3, 0.4) is 0 Å². The number of rotatable bonds is 5. The standard InChI is InChI=1S/C16H21FN2O3S/c1-23(21,22)18-12-14-7-4-5-11-19(14)16(20)10-9-13-6-2-3-8-15(13)17/h2-3,6,8-10,14,18H,4-5,7,11-12H2,1H3. The molecule has 7 heteroatoms. The molecule has 0 bridgehead atoms. The highest BCUT2D eigenvalue weighted by Crippen LogP contribution is 2.18. The SMILES string of the molecule is CS(=O)(=O)NCC1CCCCN1C(=O)C=Cc1ccccc1F. The summed E-state index contributed by atoms with van der Waals surface area (Å²) in [5.74, 6) is -0.612. The molecule has 5 nitrogen and oxygen atoms in total. The van der Waals surface area contributed by atoms with E-state index in [4.69, 9.17) is 0 Å². The van der Waals surface area contributed by atoms with Gasteiger partial charge >= 0.3 is 0 Å². The summed E-state index contributed by atoms with van der Waals surface area (Å²) in [5.41, 5.74) is 0.351. The molecule has 0 aromatic heterocycles. The fourth-order valence-electron chi connectivity index (χ4n) is 2.62. The number of nitrogens with one attached hydrogen (secondary N) is 1. The molecule has 1 aliphatic rings. The quantitative estimate of drug-likeness (QED) is 0.831. The highest BCUT2D eigenvalue weighted by molar-refractivity contribution is 7.88. The van der Waals surface area contributed by atoms with Crippen LogP contribution < -0.4 is 4.72 Å². The molecule has 1 saturated heterocycles. The Morgan fingerprint density at radius 2 is 2.13 bits per heavy atom. The summed E-state index contributed by atoms with van der Waals surface area (Å²) in [6, 6.07) is 6.05. The highest BCUT2D eigenvalue weighted by atomic mass is 32.2. The summed E-state index contributed by atoms with van der Waals surface area (Å²) in [6.07, 6.45) is 6.48. The number of amides is 1. The molecule has 0 aliphatic carbocycles. The molecular weight excluding hydrogens is 319 g/mol. The van der Waals surface area contributed by atoms with Gasteiger partial charge in [0.25, 0.3) is 0 Å². The minimum absolute atomic E-state index is 0.170. The van der Waals surface area contributed by atoms with Gasteiger partial charge in [0.15, 0.2) is 0 Å². The van der Waals surface area contributed by atoms with Crippen LogP contribution in [0.2, 0.25) is 0 Å². The molecule has 0 saturated carbocycles. The molecule has 1 heterocycles. The Hall–Kier alpha value is -1.73. The third kappa shape index (κ3) is 5.44. The van der Waals surface area contributed by atoms with Crippen molar-refractivity contribution in [3.05, 3.63) is 41.7 Å². The van der Waals surface area contributed by atoms with Gasteiger partial charge < -0.3 is 4.90 Å². The number of carbonyl (C=O) groups excluding carboxylic acids is 1. The van der Waals surface area contributed by atoms with Gasteiger partial charge in [-0.15, -0.1) is 0 Å². The average molecular weight is 340 g/mol. The molecule has 1 aromatic rings. The lowest BCUT2D eigenvalue weighted by Gasteiger charge is -2.35. The van der Waals surface area contributed by atoms with E-state index >= 15 is 0 Å². The molecule has 126 valence electrons. The Kier molecular flexibility index (Phi) is 5.90. The second-order valence-electron chi connectivity index (χ2n) is 5.66. The minimum atomic E-state index is -3.29. The number of halogens is 1. The molecular formula is C16H21FN2O3S. The number of benzene rings is 1. The molecule has 2 rings (SSSR count). The van der Waals surface area contributed by atoms with E-state index in [0.29, 0.717) is 12.1 Å². The van der Waals surface area contributed by atoms with Crippen LogP contribution in [0, 0.1) is 5.82 Å². The number of nitrogens with zero attached hydrogens (tertiary/aromatic N) is 1. The molecule has 23 heavy (non-hydrogen) atoms. The third-order valence-electron chi connectivity index (χ3n) is 3.80. The molecule has 1 atom stereocenters. The maximum atomic E-state index is 13.6. The van der Waals surface area contributed by atoms with Gasteiger partial charge in [-0.1, -0.05) is 18.2 Å². The largest absolute Gasteiger partial charge is 0.335 e. The first-order valence-electron chi connectivity index (χ1n) is 7.54. The first-order chi connectivity index (χ1) is 10.9. The maximum Gasteiger partial charge on any atom is 0.246 e. The smallest absolute Gasteiger partial charge is 0.246 e. The molecule has 1 aromatic carbocycles. The van der Waals surface area contributed by atoms with Crippen LogP contribution in [0.25, 0.3) is 6.08 Å². The lowest BCUT2D eigenvalue weighted by molar-refractivity contribution is -0.129. The molecule has 1 fully saturated rings. The summed E-state index contributed by atoms with van der Waals surface area (Å²) in [7, 11) is -3.29. The van der Waals surface area contributed by atoms with Crippen LogP contribution in [0.1, 0.15) is 24.8 Å². The predicted octanol–water partition coefficient (Wildman–Crippen LogP) is 1.77. The first-order valence-corrected chi connectivity index (χ1v) is 9.44. The van der Waals surface area contributed by atoms with Gasteiger partial charge in [-0.25, -0.2) is 17.5 Å². The van der Waals surface area contributed by atoms with Crippen LogP contribution in [-0.4, -0.2) is 44.6 Å². The van der Waals surface area contributed by atoms with Crippen molar-refractivity contribution in [2.45, 2.75) is 25.3 Å². The Morgan fingerprint density at radius 3 is 2.83 bits per heavy atom. The van der Waals surface area contributed by atoms with E-state index in [0.717, 1.165) is 25.5 Å². The predicted molar refractivity (Wildman–Crippen MR) is 87.6 cm³/mol. The van der Waals surface area contributed by atoms with Crippen molar-refractivity contribution in [3.63, 3.8) is 0 Å². The number of hydrogen-bond donors (Lipinski definition) is 1. The van der Waals surface area contributed by atoms with Crippen molar-refractivity contribution >= 4 is 22.0 Å². The molecule has 0 spiro atoms. The lowest BCUT2D eigenvalue weighted by atomic mass is 10.0. The van der Waals surface area contributed by atoms with Crippen molar-refractivity contribution in [1.82, 2.24) is 9.62 Å². The van der Waals surface area contributed by atoms with E-state index < -0.39 is 10.0 Å². The van der Waals surface area contributed by atoms with E-state index in [1.165, 1.54) is 18.2 Å². The second kappa shape index (κ2) is 7.70. The van der Waals surface area contributed by atoms with E-state index in [1.54, 1.807) is 23.1 Å². The van der Waals surface area contributed by atoms with Gasteiger partial charge in [-0.3, -0.25) is 4.79 Å². The van der Waals surface area contributed by atoms with Crippen LogP contribution in [0.4, 0.5) is 4.39 Å². The summed E-state index contributed by atoms with van der Waals surface area (Å²) in [4.78, 5) is 14.0. The number of piperidine rings is 1. The number of sulfonamides is 1. The molecule has 1 unspecified atom stereocenters. The zero-order valence-corrected chi connectivity index (χ0v) is 13.9. The van der Waals surface area contributed by atoms with Crippen LogP contribution in [-0.2, 0) is 14.8 Å². The number of likely N-dealkylation sites (tertiary alicyclic amines) is 1. The van der Waals surface area contributed by atoms with Crippen molar-refractivity contribution in [3.8, 4) is 0 Å². The van der Waals surface area contributed by atoms with Gasteiger partial charge in [-0.2, -0.15) is 0 Å². The third-order valence-corrected chi connectivity index (χ3v) is 4.49. The van der Waals surface area contributed by atoms with Crippen LogP contribution in [0.5, 0.6) is 0 Å². The number of hydrogen-bond acceptors (Lipinski definition) is 3. The number of carbonyl (C=O) groups is 1. The summed E-state index contributed by atoms with van der Waals surface area (Å²) >= 11 is 0. The second-order valence-corrected chi connectivity index (χ2v) is 7.49. The first kappa shape index (κ1) is 17.6. The molecule has 1 aliphatic heterocycles. The van der Waals surface area contributed by atoms with E-state index in [2.05, 4.69) is 4.72 Å². The fraction of sp³-hybridized carbons (Fsp3) is 0.438. The van der Waals surface area contributed by atoms with Crippen molar-refractivity contribution in [1.29, 1.82) is 0 Å². The minimum Gasteiger partial charge on any atom is -0.335 e. The normalized spacial score (nSPS) is 19.2. The maximum absolute atomic E-state index is 13.6. The van der Waals surface area contributed by atoms with Crippen molar-refractivity contribution < 1.29 is 17.6 Å². The van der Waals surface area contributed by atoms with Gasteiger partial charge in [0, 0.05) is 30.8 Å². The molecule has 1 N–H and O–H groups in total. The van der Waals surface area contributed by atoms with Crippen LogP contribution >= 0.6 is 0 Å². The molecule has 1 amide bonds. The lowest BCUT2D eigenvalue weighted by Crippen LogP contribution is -2.48. The monoisotopic (exact) mass is 340 g/mol. The average Bonchev–Trinajstić information content (AvgIpc) is 2.51. The van der Waals surface area contributed by atoms with Crippen molar-refractivity contribution in [2.75, 3.05) is 19.3 Å².